The zero-order chi connectivity index (χ0) is 34.0. The number of para-hydroxylation sites is 2. The van der Waals surface area contributed by atoms with E-state index < -0.39 is 0 Å². The van der Waals surface area contributed by atoms with Crippen molar-refractivity contribution in [3.05, 3.63) is 200 Å². The van der Waals surface area contributed by atoms with E-state index in [0.717, 1.165) is 67.3 Å². The largest absolute Gasteiger partial charge is 0.311 e. The molecular weight excluding hydrogens is 619 g/mol. The Balaban J connectivity index is 1.24. The third-order valence-corrected chi connectivity index (χ3v) is 9.44. The van der Waals surface area contributed by atoms with E-state index in [1.54, 1.807) is 0 Å². The second-order valence-corrected chi connectivity index (χ2v) is 12.6. The van der Waals surface area contributed by atoms with Gasteiger partial charge in [0.05, 0.1) is 22.4 Å². The fourth-order valence-electron chi connectivity index (χ4n) is 7.01. The summed E-state index contributed by atoms with van der Waals surface area (Å²) in [4.78, 5) is 13.1. The van der Waals surface area contributed by atoms with Crippen LogP contribution in [0.5, 0.6) is 0 Å². The van der Waals surface area contributed by atoms with E-state index in [2.05, 4.69) is 187 Å². The van der Waals surface area contributed by atoms with Gasteiger partial charge in [-0.2, -0.15) is 0 Å². The smallest absolute Gasteiger partial charge is 0.0973 e. The molecule has 240 valence electrons. The van der Waals surface area contributed by atoms with Gasteiger partial charge in [-0.15, -0.1) is 0 Å². The summed E-state index contributed by atoms with van der Waals surface area (Å²) < 4.78 is 0. The van der Waals surface area contributed by atoms with E-state index in [1.807, 2.05) is 18.2 Å². The van der Waals surface area contributed by atoms with Crippen LogP contribution in [-0.4, -0.2) is 9.97 Å². The van der Waals surface area contributed by atoms with E-state index in [4.69, 9.17) is 9.97 Å². The number of hydrogen-bond acceptors (Lipinski definition) is 3. The lowest BCUT2D eigenvalue weighted by Gasteiger charge is -2.25. The van der Waals surface area contributed by atoms with Crippen LogP contribution in [0, 0.1) is 0 Å². The molecule has 0 atom stereocenters. The summed E-state index contributed by atoms with van der Waals surface area (Å²) in [6.07, 6.45) is 0. The third-order valence-electron chi connectivity index (χ3n) is 9.44. The van der Waals surface area contributed by atoms with Gasteiger partial charge < -0.3 is 4.90 Å². The Morgan fingerprint density at radius 2 is 0.765 bits per heavy atom. The van der Waals surface area contributed by atoms with Gasteiger partial charge in [-0.1, -0.05) is 152 Å². The quantitative estimate of drug-likeness (QED) is 0.172. The summed E-state index contributed by atoms with van der Waals surface area (Å²) in [7, 11) is 0. The normalized spacial score (nSPS) is 11.1. The maximum Gasteiger partial charge on any atom is 0.0973 e. The molecular formula is C48H33N3. The van der Waals surface area contributed by atoms with Crippen molar-refractivity contribution < 1.29 is 0 Å². The van der Waals surface area contributed by atoms with Crippen LogP contribution in [0.25, 0.3) is 66.6 Å². The minimum absolute atomic E-state index is 0.850. The molecule has 0 spiro atoms. The van der Waals surface area contributed by atoms with Gasteiger partial charge >= 0.3 is 0 Å². The van der Waals surface area contributed by atoms with Crippen molar-refractivity contribution in [2.24, 2.45) is 0 Å². The van der Waals surface area contributed by atoms with Gasteiger partial charge in [-0.25, -0.2) is 9.97 Å². The molecule has 1 aromatic heterocycles. The molecule has 3 heteroatoms. The average molecular weight is 652 g/mol. The highest BCUT2D eigenvalue weighted by atomic mass is 15.1. The zero-order valence-corrected chi connectivity index (χ0v) is 27.9. The third kappa shape index (κ3) is 5.81. The number of aromatic nitrogens is 2. The minimum atomic E-state index is 0.850. The second-order valence-electron chi connectivity index (χ2n) is 12.6. The molecule has 0 aliphatic carbocycles. The van der Waals surface area contributed by atoms with Crippen molar-refractivity contribution in [3.63, 3.8) is 0 Å². The van der Waals surface area contributed by atoms with Crippen molar-refractivity contribution in [3.8, 4) is 44.8 Å². The first kappa shape index (κ1) is 30.2. The molecule has 0 saturated carbocycles. The number of hydrogen-bond donors (Lipinski definition) is 0. The average Bonchev–Trinajstić information content (AvgIpc) is 3.21. The van der Waals surface area contributed by atoms with E-state index in [9.17, 15) is 0 Å². The maximum absolute atomic E-state index is 5.42. The van der Waals surface area contributed by atoms with Gasteiger partial charge in [0.15, 0.2) is 0 Å². The molecule has 0 unspecified atom stereocenters. The van der Waals surface area contributed by atoms with Gasteiger partial charge in [-0.3, -0.25) is 0 Å². The topological polar surface area (TPSA) is 29.0 Å². The van der Waals surface area contributed by atoms with Gasteiger partial charge in [-0.05, 0) is 81.6 Å². The van der Waals surface area contributed by atoms with Crippen LogP contribution in [0.15, 0.2) is 200 Å². The highest BCUT2D eigenvalue weighted by Crippen LogP contribution is 2.41. The monoisotopic (exact) mass is 651 g/mol. The van der Waals surface area contributed by atoms with E-state index in [1.165, 1.54) is 16.3 Å². The van der Waals surface area contributed by atoms with Crippen molar-refractivity contribution in [1.82, 2.24) is 9.97 Å². The van der Waals surface area contributed by atoms with Gasteiger partial charge in [0, 0.05) is 28.2 Å². The fraction of sp³-hybridized carbons (Fsp3) is 0. The van der Waals surface area contributed by atoms with Gasteiger partial charge in [0.25, 0.3) is 0 Å². The molecule has 0 aliphatic rings. The van der Waals surface area contributed by atoms with Crippen LogP contribution in [0.3, 0.4) is 0 Å². The molecule has 0 aliphatic heterocycles. The first-order valence-electron chi connectivity index (χ1n) is 17.3. The predicted molar refractivity (Wildman–Crippen MR) is 213 cm³/mol. The molecule has 0 N–H and O–H groups in total. The molecule has 0 fully saturated rings. The number of benzene rings is 8. The maximum atomic E-state index is 5.42. The fourth-order valence-corrected chi connectivity index (χ4v) is 7.01. The molecule has 0 amide bonds. The highest BCUT2D eigenvalue weighted by Gasteiger charge is 2.19. The summed E-state index contributed by atoms with van der Waals surface area (Å²) in [5.41, 5.74) is 13.3. The van der Waals surface area contributed by atoms with Gasteiger partial charge in [0.1, 0.15) is 0 Å². The van der Waals surface area contributed by atoms with Crippen molar-refractivity contribution in [1.29, 1.82) is 0 Å². The lowest BCUT2D eigenvalue weighted by Crippen LogP contribution is -2.09. The van der Waals surface area contributed by atoms with Crippen molar-refractivity contribution in [2.75, 3.05) is 4.90 Å². The molecule has 0 saturated heterocycles. The first-order chi connectivity index (χ1) is 25.3. The van der Waals surface area contributed by atoms with E-state index in [-0.39, 0.29) is 0 Å². The molecule has 9 rings (SSSR count). The van der Waals surface area contributed by atoms with Gasteiger partial charge in [0.2, 0.25) is 0 Å². The predicted octanol–water partition coefficient (Wildman–Crippen LogP) is 12.9. The van der Waals surface area contributed by atoms with Crippen LogP contribution in [0.1, 0.15) is 0 Å². The summed E-state index contributed by atoms with van der Waals surface area (Å²) in [6.45, 7) is 0. The summed E-state index contributed by atoms with van der Waals surface area (Å²) >= 11 is 0. The van der Waals surface area contributed by atoms with Crippen LogP contribution in [0.4, 0.5) is 17.1 Å². The second kappa shape index (κ2) is 13.2. The summed E-state index contributed by atoms with van der Waals surface area (Å²) in [5, 5.41) is 2.42. The van der Waals surface area contributed by atoms with E-state index >= 15 is 0 Å². The lowest BCUT2D eigenvalue weighted by molar-refractivity contribution is 1.27. The Morgan fingerprint density at radius 3 is 1.37 bits per heavy atom. The summed E-state index contributed by atoms with van der Waals surface area (Å²) in [6, 6.07) is 70.2. The molecule has 8 aromatic carbocycles. The molecule has 9 aromatic rings. The van der Waals surface area contributed by atoms with Crippen LogP contribution >= 0.6 is 0 Å². The Hall–Kier alpha value is -6.84. The Morgan fingerprint density at radius 1 is 0.314 bits per heavy atom. The molecule has 0 radical (unpaired) electrons. The van der Waals surface area contributed by atoms with Crippen LogP contribution in [0.2, 0.25) is 0 Å². The van der Waals surface area contributed by atoms with Crippen LogP contribution < -0.4 is 4.90 Å². The number of fused-ring (bicyclic) bond motifs is 2. The van der Waals surface area contributed by atoms with Crippen molar-refractivity contribution in [2.45, 2.75) is 0 Å². The molecule has 51 heavy (non-hydrogen) atoms. The standard InChI is InChI=1S/C48H33N3/c1-5-16-35(17-6-1)43-32-45-46(33-44(43)42-27-15-21-34-18-13-14-26-41(34)42)50-47(36-19-7-2-8-20-36)48(49-45)37-28-30-40(31-29-37)51(38-22-9-3-10-23-38)39-24-11-4-12-25-39/h1-33H. The van der Waals surface area contributed by atoms with E-state index in [0.29, 0.717) is 0 Å². The van der Waals surface area contributed by atoms with Crippen molar-refractivity contribution >= 4 is 38.9 Å². The number of nitrogens with zero attached hydrogens (tertiary/aromatic N) is 3. The molecule has 3 nitrogen and oxygen atoms in total. The highest BCUT2D eigenvalue weighted by molar-refractivity contribution is 6.04. The minimum Gasteiger partial charge on any atom is -0.311 e. The first-order valence-corrected chi connectivity index (χ1v) is 17.3. The molecule has 1 heterocycles. The molecule has 0 bridgehead atoms. The Bertz CT molecular complexity index is 2560. The zero-order valence-electron chi connectivity index (χ0n) is 27.9. The Labute approximate surface area is 297 Å². The SMILES string of the molecule is c1ccc(-c2cc3nc(-c4ccc(N(c5ccccc5)c5ccccc5)cc4)c(-c4ccccc4)nc3cc2-c2cccc3ccccc23)cc1. The Kier molecular flexibility index (Phi) is 7.84. The van der Waals surface area contributed by atoms with Crippen LogP contribution in [-0.2, 0) is 0 Å². The summed E-state index contributed by atoms with van der Waals surface area (Å²) in [5.74, 6) is 0. The number of anilines is 3. The lowest BCUT2D eigenvalue weighted by atomic mass is 9.90. The number of rotatable bonds is 7.